The van der Waals surface area contributed by atoms with Gasteiger partial charge in [-0.1, -0.05) is 32.0 Å². The second kappa shape index (κ2) is 10.2. The molecule has 1 saturated heterocycles. The molecule has 0 bridgehead atoms. The Bertz CT molecular complexity index is 1170. The van der Waals surface area contributed by atoms with Crippen molar-refractivity contribution in [1.29, 1.82) is 0 Å². The standard InChI is InChI=1S/C24H25N5O4.C2H6/c25-19(17-3-1-2-4-21(17)33-16-7-8-16)13-29(26)15-6-5-14-12-28(24(32)18(14)11-15)20-9-10-22(30)27-23(20)31;1-2/h1-6,11,13,16,20H,7-10,12,25-26H2,(H,27,30,31);1-2H3/b19-13-;. The number of anilines is 1. The zero-order chi connectivity index (χ0) is 25.1. The first kappa shape index (κ1) is 24.3. The van der Waals surface area contributed by atoms with Crippen LogP contribution in [-0.4, -0.2) is 34.8 Å². The predicted octanol–water partition coefficient (Wildman–Crippen LogP) is 2.65. The van der Waals surface area contributed by atoms with Crippen molar-refractivity contribution in [2.45, 2.75) is 58.2 Å². The van der Waals surface area contributed by atoms with Crippen LogP contribution in [0.25, 0.3) is 5.70 Å². The summed E-state index contributed by atoms with van der Waals surface area (Å²) in [5, 5.41) is 3.68. The molecule has 1 atom stereocenters. The van der Waals surface area contributed by atoms with Gasteiger partial charge in [0.15, 0.2) is 0 Å². The van der Waals surface area contributed by atoms with Gasteiger partial charge in [0.05, 0.1) is 17.5 Å². The van der Waals surface area contributed by atoms with E-state index in [1.54, 1.807) is 18.3 Å². The van der Waals surface area contributed by atoms with Crippen LogP contribution in [0.1, 0.15) is 61.0 Å². The van der Waals surface area contributed by atoms with Crippen molar-refractivity contribution in [3.63, 3.8) is 0 Å². The highest BCUT2D eigenvalue weighted by atomic mass is 16.5. The second-order valence-electron chi connectivity index (χ2n) is 8.55. The Morgan fingerprint density at radius 2 is 1.86 bits per heavy atom. The van der Waals surface area contributed by atoms with Gasteiger partial charge in [-0.2, -0.15) is 0 Å². The molecule has 0 aromatic heterocycles. The monoisotopic (exact) mass is 477 g/mol. The molecule has 5 rings (SSSR count). The summed E-state index contributed by atoms with van der Waals surface area (Å²) in [5.74, 6) is 5.98. The van der Waals surface area contributed by atoms with Crippen molar-refractivity contribution in [2.24, 2.45) is 11.6 Å². The van der Waals surface area contributed by atoms with Gasteiger partial charge in [0.25, 0.3) is 5.91 Å². The summed E-state index contributed by atoms with van der Waals surface area (Å²) in [6, 6.07) is 12.2. The third-order valence-electron chi connectivity index (χ3n) is 6.10. The molecule has 1 saturated carbocycles. The molecule has 3 amide bonds. The lowest BCUT2D eigenvalue weighted by Gasteiger charge is -2.29. The topological polar surface area (TPSA) is 131 Å². The Labute approximate surface area is 204 Å². The average molecular weight is 478 g/mol. The van der Waals surface area contributed by atoms with Crippen LogP contribution in [0.4, 0.5) is 5.69 Å². The number of fused-ring (bicyclic) bond motifs is 1. The number of nitrogens with one attached hydrogen (secondary N) is 1. The van der Waals surface area contributed by atoms with Crippen molar-refractivity contribution in [2.75, 3.05) is 5.01 Å². The van der Waals surface area contributed by atoms with Crippen molar-refractivity contribution in [1.82, 2.24) is 10.2 Å². The molecule has 3 aliphatic rings. The molecule has 2 aromatic carbocycles. The van der Waals surface area contributed by atoms with Crippen molar-refractivity contribution in [3.8, 4) is 5.75 Å². The molecule has 1 unspecified atom stereocenters. The SMILES string of the molecule is CC.N/C(=C\N(N)c1ccc2c(c1)C(=O)N(C1CCC(=O)NC1=O)C2)c1ccccc1OC1CC1. The summed E-state index contributed by atoms with van der Waals surface area (Å²) in [7, 11) is 0. The summed E-state index contributed by atoms with van der Waals surface area (Å²) in [6.07, 6.45) is 4.45. The lowest BCUT2D eigenvalue weighted by Crippen LogP contribution is -2.52. The smallest absolute Gasteiger partial charge is 0.255 e. The minimum atomic E-state index is -0.654. The third kappa shape index (κ3) is 5.14. The first-order valence-corrected chi connectivity index (χ1v) is 12.0. The maximum absolute atomic E-state index is 13.0. The highest BCUT2D eigenvalue weighted by Gasteiger charge is 2.39. The molecular weight excluding hydrogens is 446 g/mol. The van der Waals surface area contributed by atoms with Crippen molar-refractivity contribution < 1.29 is 19.1 Å². The summed E-state index contributed by atoms with van der Waals surface area (Å²) >= 11 is 0. The lowest BCUT2D eigenvalue weighted by atomic mass is 10.0. The Hall–Kier alpha value is -3.85. The van der Waals surface area contributed by atoms with Crippen LogP contribution in [0.5, 0.6) is 5.75 Å². The van der Waals surface area contributed by atoms with E-state index in [2.05, 4.69) is 5.32 Å². The Kier molecular flexibility index (Phi) is 7.07. The molecule has 35 heavy (non-hydrogen) atoms. The van der Waals surface area contributed by atoms with Crippen LogP contribution >= 0.6 is 0 Å². The summed E-state index contributed by atoms with van der Waals surface area (Å²) in [5.41, 5.74) is 9.39. The fourth-order valence-corrected chi connectivity index (χ4v) is 4.17. The van der Waals surface area contributed by atoms with Gasteiger partial charge < -0.3 is 15.4 Å². The Morgan fingerprint density at radius 3 is 2.57 bits per heavy atom. The number of carbonyl (C=O) groups is 3. The van der Waals surface area contributed by atoms with Crippen molar-refractivity contribution >= 4 is 29.1 Å². The number of hydrogen-bond acceptors (Lipinski definition) is 7. The number of hydrazine groups is 1. The Morgan fingerprint density at radius 1 is 1.11 bits per heavy atom. The van der Waals surface area contributed by atoms with Crippen LogP contribution in [-0.2, 0) is 16.1 Å². The molecule has 0 spiro atoms. The predicted molar refractivity (Wildman–Crippen MR) is 133 cm³/mol. The lowest BCUT2D eigenvalue weighted by molar-refractivity contribution is -0.136. The van der Waals surface area contributed by atoms with Gasteiger partial charge in [-0.15, -0.1) is 0 Å². The van der Waals surface area contributed by atoms with E-state index in [0.717, 1.165) is 24.0 Å². The third-order valence-corrected chi connectivity index (χ3v) is 6.10. The fraction of sp³-hybridized carbons (Fsp3) is 0.346. The first-order valence-electron chi connectivity index (χ1n) is 12.0. The summed E-state index contributed by atoms with van der Waals surface area (Å²) in [6.45, 7) is 4.31. The molecule has 2 aliphatic heterocycles. The highest BCUT2D eigenvalue weighted by Crippen LogP contribution is 2.32. The summed E-state index contributed by atoms with van der Waals surface area (Å²) in [4.78, 5) is 38.2. The highest BCUT2D eigenvalue weighted by molar-refractivity contribution is 6.05. The molecule has 9 nitrogen and oxygen atoms in total. The average Bonchev–Trinajstić information content (AvgIpc) is 3.62. The number of imide groups is 1. The number of carbonyl (C=O) groups excluding carboxylic acids is 3. The van der Waals surface area contributed by atoms with Crippen LogP contribution in [0, 0.1) is 0 Å². The number of nitrogens with zero attached hydrogens (tertiary/aromatic N) is 2. The quantitative estimate of drug-likeness (QED) is 0.331. The zero-order valence-electron chi connectivity index (χ0n) is 20.0. The maximum Gasteiger partial charge on any atom is 0.255 e. The van der Waals surface area contributed by atoms with E-state index in [9.17, 15) is 14.4 Å². The van der Waals surface area contributed by atoms with Crippen LogP contribution in [0.3, 0.4) is 0 Å². The summed E-state index contributed by atoms with van der Waals surface area (Å²) < 4.78 is 5.94. The molecule has 2 heterocycles. The molecule has 2 fully saturated rings. The number of nitrogens with two attached hydrogens (primary N) is 2. The number of piperidine rings is 1. The van der Waals surface area contributed by atoms with E-state index in [-0.39, 0.29) is 24.3 Å². The van der Waals surface area contributed by atoms with E-state index in [1.165, 1.54) is 9.91 Å². The van der Waals surface area contributed by atoms with Crippen LogP contribution in [0.2, 0.25) is 0 Å². The van der Waals surface area contributed by atoms with Gasteiger partial charge in [-0.05, 0) is 49.1 Å². The number of rotatable bonds is 6. The minimum absolute atomic E-state index is 0.217. The van der Waals surface area contributed by atoms with Crippen LogP contribution < -0.4 is 26.6 Å². The molecular formula is C26H31N5O4. The molecule has 2 aromatic rings. The van der Waals surface area contributed by atoms with Gasteiger partial charge in [0.2, 0.25) is 11.8 Å². The number of hydrogen-bond donors (Lipinski definition) is 3. The molecule has 1 aliphatic carbocycles. The van der Waals surface area contributed by atoms with Gasteiger partial charge in [-0.3, -0.25) is 24.7 Å². The van der Waals surface area contributed by atoms with E-state index >= 15 is 0 Å². The zero-order valence-corrected chi connectivity index (χ0v) is 20.0. The van der Waals surface area contributed by atoms with E-state index in [1.807, 2.05) is 44.2 Å². The van der Waals surface area contributed by atoms with Gasteiger partial charge in [0, 0.05) is 30.3 Å². The van der Waals surface area contributed by atoms with E-state index in [0.29, 0.717) is 35.7 Å². The number of ether oxygens (including phenoxy) is 1. The normalized spacial score (nSPS) is 19.5. The maximum atomic E-state index is 13.0. The molecule has 9 heteroatoms. The molecule has 5 N–H and O–H groups in total. The van der Waals surface area contributed by atoms with Gasteiger partial charge in [-0.25, -0.2) is 5.84 Å². The first-order chi connectivity index (χ1) is 16.9. The fourth-order valence-electron chi connectivity index (χ4n) is 4.17. The second-order valence-corrected chi connectivity index (χ2v) is 8.55. The molecule has 0 radical (unpaired) electrons. The number of para-hydroxylation sites is 1. The minimum Gasteiger partial charge on any atom is -0.490 e. The van der Waals surface area contributed by atoms with Crippen LogP contribution in [0.15, 0.2) is 48.7 Å². The number of amides is 3. The van der Waals surface area contributed by atoms with Gasteiger partial charge in [0.1, 0.15) is 11.8 Å². The van der Waals surface area contributed by atoms with E-state index in [4.69, 9.17) is 16.3 Å². The largest absolute Gasteiger partial charge is 0.490 e. The van der Waals surface area contributed by atoms with Crippen molar-refractivity contribution in [3.05, 3.63) is 65.4 Å². The number of benzene rings is 2. The van der Waals surface area contributed by atoms with E-state index < -0.39 is 11.9 Å². The Balaban J connectivity index is 0.00000141. The van der Waals surface area contributed by atoms with Gasteiger partial charge >= 0.3 is 0 Å². The molecule has 184 valence electrons.